The SMILES string of the molecule is CC(C)C1=C2[C@@H](CC/C(=C/c3ccc(O)c(F)c3)c3ccccc3)OB(O)C[C@@H]2[C@@H]2C(=O)N(C3CCN(Cc4ccccc4)CC3)C(=O)[C@@H]2C1. The van der Waals surface area contributed by atoms with Crippen LogP contribution in [-0.4, -0.2) is 64.1 Å². The molecule has 0 unspecified atom stereocenters. The minimum Gasteiger partial charge on any atom is -0.505 e. The lowest BCUT2D eigenvalue weighted by molar-refractivity contribution is -0.144. The van der Waals surface area contributed by atoms with Crippen molar-refractivity contribution >= 4 is 30.6 Å². The van der Waals surface area contributed by atoms with Crippen LogP contribution in [0.15, 0.2) is 90.0 Å². The van der Waals surface area contributed by atoms with Gasteiger partial charge in [-0.15, -0.1) is 0 Å². The van der Waals surface area contributed by atoms with E-state index in [1.165, 1.54) is 23.3 Å². The fourth-order valence-corrected chi connectivity index (χ4v) is 8.86. The number of phenolic OH excluding ortho intramolecular Hbond substituents is 1. The standard InChI is InChI=1S/C41H46BFN2O5/c1-26(2)32-23-33-39(41(48)45(40(33)47)31-17-19-44(20-18-31)25-27-9-5-3-6-10-27)34-24-42(49)50-37(38(32)34)16-14-30(29-11-7-4-8-12-29)21-28-13-15-36(46)35(43)22-28/h3-13,15,21-22,26,31,33-34,37,39,46,49H,14,16-20,23-25H2,1-2H3/b30-21-/t33-,34+,37-,39-/m1/s1. The van der Waals surface area contributed by atoms with Crippen molar-refractivity contribution in [2.24, 2.45) is 23.7 Å². The number of amides is 2. The van der Waals surface area contributed by atoms with Gasteiger partial charge in [0.2, 0.25) is 11.8 Å². The number of rotatable bonds is 9. The van der Waals surface area contributed by atoms with E-state index in [0.717, 1.165) is 49.2 Å². The molecule has 3 fully saturated rings. The van der Waals surface area contributed by atoms with Gasteiger partial charge in [0, 0.05) is 25.7 Å². The van der Waals surface area contributed by atoms with Gasteiger partial charge in [0.15, 0.2) is 11.6 Å². The van der Waals surface area contributed by atoms with Gasteiger partial charge in [0.1, 0.15) is 0 Å². The molecule has 4 atom stereocenters. The number of carbonyl (C=O) groups excluding carboxylic acids is 2. The fraction of sp³-hybridized carbons (Fsp3) is 0.415. The highest BCUT2D eigenvalue weighted by Gasteiger charge is 2.58. The minimum atomic E-state index is -1.05. The van der Waals surface area contributed by atoms with Crippen LogP contribution in [0.5, 0.6) is 5.75 Å². The van der Waals surface area contributed by atoms with Crippen molar-refractivity contribution in [3.63, 3.8) is 0 Å². The van der Waals surface area contributed by atoms with Gasteiger partial charge in [-0.3, -0.25) is 19.4 Å². The second-order valence-electron chi connectivity index (χ2n) is 14.7. The molecule has 7 rings (SSSR count). The first kappa shape index (κ1) is 34.4. The zero-order valence-electron chi connectivity index (χ0n) is 28.9. The molecule has 0 radical (unpaired) electrons. The Morgan fingerprint density at radius 2 is 1.68 bits per heavy atom. The van der Waals surface area contributed by atoms with E-state index in [1.54, 1.807) is 11.0 Å². The Balaban J connectivity index is 1.12. The number of aromatic hydroxyl groups is 1. The highest BCUT2D eigenvalue weighted by Crippen LogP contribution is 2.52. The van der Waals surface area contributed by atoms with Crippen LogP contribution >= 0.6 is 0 Å². The molecule has 7 nitrogen and oxygen atoms in total. The van der Waals surface area contributed by atoms with Crippen LogP contribution in [-0.2, 0) is 20.8 Å². The average molecular weight is 677 g/mol. The summed E-state index contributed by atoms with van der Waals surface area (Å²) in [5, 5.41) is 20.8. The average Bonchev–Trinajstić information content (AvgIpc) is 3.37. The van der Waals surface area contributed by atoms with E-state index in [9.17, 15) is 24.1 Å². The second-order valence-corrected chi connectivity index (χ2v) is 14.7. The molecule has 0 aromatic heterocycles. The van der Waals surface area contributed by atoms with Crippen LogP contribution in [0.2, 0.25) is 6.32 Å². The Morgan fingerprint density at radius 3 is 2.36 bits per heavy atom. The molecule has 1 aliphatic carbocycles. The number of hydrogen-bond acceptors (Lipinski definition) is 6. The lowest BCUT2D eigenvalue weighted by Gasteiger charge is -2.44. The summed E-state index contributed by atoms with van der Waals surface area (Å²) >= 11 is 0. The summed E-state index contributed by atoms with van der Waals surface area (Å²) in [4.78, 5) is 32.5. The normalized spacial score (nSPS) is 25.0. The van der Waals surface area contributed by atoms with E-state index in [0.29, 0.717) is 31.1 Å². The molecule has 3 aromatic carbocycles. The molecule has 3 heterocycles. The third-order valence-electron chi connectivity index (χ3n) is 11.3. The summed E-state index contributed by atoms with van der Waals surface area (Å²) in [7, 11) is -1.05. The van der Waals surface area contributed by atoms with Crippen molar-refractivity contribution in [3.05, 3.63) is 113 Å². The maximum absolute atomic E-state index is 14.4. The third kappa shape index (κ3) is 6.96. The van der Waals surface area contributed by atoms with Crippen molar-refractivity contribution in [1.29, 1.82) is 0 Å². The van der Waals surface area contributed by atoms with Crippen LogP contribution in [0, 0.1) is 29.5 Å². The summed E-state index contributed by atoms with van der Waals surface area (Å²) in [6.07, 6.45) is 4.96. The Morgan fingerprint density at radius 1 is 0.980 bits per heavy atom. The molecule has 2 N–H and O–H groups in total. The highest BCUT2D eigenvalue weighted by atomic mass is 19.1. The quantitative estimate of drug-likeness (QED) is 0.110. The first-order valence-electron chi connectivity index (χ1n) is 18.1. The molecular weight excluding hydrogens is 630 g/mol. The number of allylic oxidation sites excluding steroid dienone is 2. The lowest BCUT2D eigenvalue weighted by atomic mass is 9.57. The van der Waals surface area contributed by atoms with E-state index in [4.69, 9.17) is 4.65 Å². The number of halogens is 1. The van der Waals surface area contributed by atoms with Crippen molar-refractivity contribution in [2.45, 2.75) is 71.0 Å². The second kappa shape index (κ2) is 14.7. The highest BCUT2D eigenvalue weighted by molar-refractivity contribution is 6.43. The first-order valence-corrected chi connectivity index (χ1v) is 18.1. The minimum absolute atomic E-state index is 0.0494. The summed E-state index contributed by atoms with van der Waals surface area (Å²) in [6, 6.07) is 24.5. The van der Waals surface area contributed by atoms with Crippen LogP contribution in [0.3, 0.4) is 0 Å². The molecule has 3 aromatic rings. The zero-order chi connectivity index (χ0) is 34.9. The number of likely N-dealkylation sites (tertiary alicyclic amines) is 2. The number of phenols is 1. The van der Waals surface area contributed by atoms with Crippen LogP contribution in [0.25, 0.3) is 11.6 Å². The van der Waals surface area contributed by atoms with E-state index < -0.39 is 36.6 Å². The molecule has 3 saturated heterocycles. The number of carbonyl (C=O) groups is 2. The van der Waals surface area contributed by atoms with E-state index in [-0.39, 0.29) is 29.7 Å². The van der Waals surface area contributed by atoms with Gasteiger partial charge in [-0.05, 0) is 90.2 Å². The van der Waals surface area contributed by atoms with Crippen molar-refractivity contribution in [3.8, 4) is 5.75 Å². The van der Waals surface area contributed by atoms with Gasteiger partial charge in [0.05, 0.1) is 17.9 Å². The van der Waals surface area contributed by atoms with Gasteiger partial charge >= 0.3 is 7.12 Å². The Hall–Kier alpha value is -4.05. The van der Waals surface area contributed by atoms with Gasteiger partial charge in [0.25, 0.3) is 0 Å². The van der Waals surface area contributed by atoms with Gasteiger partial charge in [-0.1, -0.05) is 92.2 Å². The number of imide groups is 1. The zero-order valence-corrected chi connectivity index (χ0v) is 28.9. The molecule has 0 bridgehead atoms. The van der Waals surface area contributed by atoms with Crippen LogP contribution in [0.1, 0.15) is 62.6 Å². The molecule has 2 amide bonds. The lowest BCUT2D eigenvalue weighted by Crippen LogP contribution is -2.48. The Labute approximate surface area is 294 Å². The molecule has 0 spiro atoms. The Bertz CT molecular complexity index is 1770. The number of piperidine rings is 1. The summed E-state index contributed by atoms with van der Waals surface area (Å²) in [5.74, 6) is -2.23. The summed E-state index contributed by atoms with van der Waals surface area (Å²) < 4.78 is 20.6. The number of benzene rings is 3. The monoisotopic (exact) mass is 676 g/mol. The van der Waals surface area contributed by atoms with E-state index in [1.807, 2.05) is 42.5 Å². The maximum Gasteiger partial charge on any atom is 0.455 e. The summed E-state index contributed by atoms with van der Waals surface area (Å²) in [5.41, 5.74) is 6.09. The van der Waals surface area contributed by atoms with Crippen molar-refractivity contribution in [1.82, 2.24) is 9.80 Å². The first-order chi connectivity index (χ1) is 24.2. The third-order valence-corrected chi connectivity index (χ3v) is 11.3. The van der Waals surface area contributed by atoms with E-state index in [2.05, 4.69) is 43.0 Å². The molecule has 0 saturated carbocycles. The van der Waals surface area contributed by atoms with Gasteiger partial charge < -0.3 is 14.8 Å². The Kier molecular flexibility index (Phi) is 10.1. The molecule has 9 heteroatoms. The smallest absolute Gasteiger partial charge is 0.455 e. The van der Waals surface area contributed by atoms with E-state index >= 15 is 0 Å². The van der Waals surface area contributed by atoms with Crippen LogP contribution < -0.4 is 0 Å². The predicted molar refractivity (Wildman–Crippen MR) is 193 cm³/mol. The van der Waals surface area contributed by atoms with Gasteiger partial charge in [-0.2, -0.15) is 0 Å². The molecule has 4 aliphatic rings. The number of nitrogens with zero attached hydrogens (tertiary/aromatic N) is 2. The largest absolute Gasteiger partial charge is 0.505 e. The fourth-order valence-electron chi connectivity index (χ4n) is 8.86. The molecule has 3 aliphatic heterocycles. The van der Waals surface area contributed by atoms with Crippen LogP contribution in [0.4, 0.5) is 4.39 Å². The van der Waals surface area contributed by atoms with Gasteiger partial charge in [-0.25, -0.2) is 4.39 Å². The van der Waals surface area contributed by atoms with Crippen molar-refractivity contribution in [2.75, 3.05) is 13.1 Å². The molecular formula is C41H46BFN2O5. The van der Waals surface area contributed by atoms with Crippen molar-refractivity contribution < 1.29 is 28.8 Å². The molecule has 260 valence electrons. The number of hydrogen-bond donors (Lipinski definition) is 2. The maximum atomic E-state index is 14.4. The predicted octanol–water partition coefficient (Wildman–Crippen LogP) is 6.97. The summed E-state index contributed by atoms with van der Waals surface area (Å²) in [6.45, 7) is 6.80. The number of fused-ring (bicyclic) bond motifs is 3. The molecule has 50 heavy (non-hydrogen) atoms. The topological polar surface area (TPSA) is 90.3 Å².